The molecule has 0 saturated heterocycles. The van der Waals surface area contributed by atoms with Gasteiger partial charge in [-0.15, -0.1) is 0 Å². The van der Waals surface area contributed by atoms with Crippen LogP contribution in [0.1, 0.15) is 0 Å². The maximum absolute atomic E-state index is 8.52. The normalized spacial score (nSPS) is 6.29. The first kappa shape index (κ1) is 47.9. The molecule has 0 aliphatic rings. The van der Waals surface area contributed by atoms with Crippen molar-refractivity contribution in [2.24, 2.45) is 0 Å². The molecule has 0 amide bonds. The molecule has 0 unspecified atom stereocenters. The van der Waals surface area contributed by atoms with Crippen LogP contribution in [0.4, 0.5) is 0 Å². The number of quaternary nitrogens is 2. The van der Waals surface area contributed by atoms with Gasteiger partial charge in [0.05, 0.1) is 0 Å². The molecule has 0 aromatic carbocycles. The molecule has 0 atom stereocenters. The van der Waals surface area contributed by atoms with Crippen LogP contribution in [0, 0.1) is 0 Å². The first-order chi connectivity index (χ1) is 3.91. The summed E-state index contributed by atoms with van der Waals surface area (Å²) in [5, 5.41) is 0. The van der Waals surface area contributed by atoms with Crippen molar-refractivity contribution in [1.29, 1.82) is 0 Å². The zero-order chi connectivity index (χ0) is 7.91. The van der Waals surface area contributed by atoms with Crippen molar-refractivity contribution in [3.63, 3.8) is 0 Å². The van der Waals surface area contributed by atoms with E-state index < -0.39 is 10.4 Å². The van der Waals surface area contributed by atoms with Crippen LogP contribution >= 0.6 is 0 Å². The van der Waals surface area contributed by atoms with Gasteiger partial charge in [-0.05, 0) is 0 Å². The van der Waals surface area contributed by atoms with Crippen LogP contribution in [-0.2, 0) is 27.5 Å². The van der Waals surface area contributed by atoms with Gasteiger partial charge in [0.15, 0.2) is 0 Å². The average molecular weight is 286 g/mol. The Morgan fingerprint density at radius 1 is 0.857 bits per heavy atom. The average Bonchev–Trinajstić information content (AvgIpc) is 1.61. The van der Waals surface area contributed by atoms with E-state index in [1.54, 1.807) is 0 Å². The third-order valence-corrected chi connectivity index (χ3v) is 0.250. The van der Waals surface area contributed by atoms with Crippen LogP contribution in [0.25, 0.3) is 0 Å². The topological polar surface area (TPSA) is 262 Å². The Labute approximate surface area is 91.9 Å². The van der Waals surface area contributed by atoms with Crippen molar-refractivity contribution in [2.75, 3.05) is 13.1 Å². The van der Waals surface area contributed by atoms with Gasteiger partial charge in [0.1, 0.15) is 13.1 Å². The molecule has 0 aromatic rings. The molecule has 12 heteroatoms. The van der Waals surface area contributed by atoms with Crippen molar-refractivity contribution < 1.29 is 68.0 Å². The molecule has 0 bridgehead atoms. The van der Waals surface area contributed by atoms with Gasteiger partial charge in [-0.1, -0.05) is 0 Å². The maximum atomic E-state index is 8.52. The maximum Gasteiger partial charge on any atom is 2.00 e. The quantitative estimate of drug-likeness (QED) is 0.270. The molecule has 0 aromatic heterocycles. The summed E-state index contributed by atoms with van der Waals surface area (Å²) < 4.78 is 34.1. The predicted octanol–water partition coefficient (Wildman–Crippen LogP) is -7.17. The second-order valence-corrected chi connectivity index (χ2v) is 1.93. The van der Waals surface area contributed by atoms with Gasteiger partial charge in [0.25, 0.3) is 0 Å². The first-order valence-electron chi connectivity index (χ1n) is 2.17. The monoisotopic (exact) mass is 286 g/mol. The van der Waals surface area contributed by atoms with E-state index in [1.165, 1.54) is 0 Å². The Balaban J connectivity index is -0.0000000104. The molecule has 0 saturated carbocycles. The van der Waals surface area contributed by atoms with Crippen molar-refractivity contribution >= 4 is 10.4 Å². The third kappa shape index (κ3) is 1140. The summed E-state index contributed by atoms with van der Waals surface area (Å²) in [4.78, 5) is 0. The summed E-state index contributed by atoms with van der Waals surface area (Å²) >= 11 is 0. The molecule has 14 N–H and O–H groups in total. The Morgan fingerprint density at radius 3 is 0.929 bits per heavy atom. The second kappa shape index (κ2) is 29.2. The zero-order valence-corrected chi connectivity index (χ0v) is 9.14. The van der Waals surface area contributed by atoms with E-state index in [0.717, 1.165) is 13.1 Å². The first-order valence-corrected chi connectivity index (χ1v) is 3.50. The van der Waals surface area contributed by atoms with Gasteiger partial charge >= 0.3 is 17.1 Å². The predicted molar refractivity (Wildman–Crippen MR) is 40.4 cm³/mol. The molecule has 0 radical (unpaired) electrons. The van der Waals surface area contributed by atoms with Gasteiger partial charge in [-0.3, -0.25) is 8.42 Å². The molecule has 96 valence electrons. The summed E-state index contributed by atoms with van der Waals surface area (Å²) in [6, 6.07) is 0. The van der Waals surface area contributed by atoms with E-state index in [0.29, 0.717) is 0 Å². The minimum atomic E-state index is -5.17. The molecule has 0 rings (SSSR count). The molecule has 0 aliphatic carbocycles. The fourth-order valence-corrected chi connectivity index (χ4v) is 0. The molecule has 0 spiro atoms. The summed E-state index contributed by atoms with van der Waals surface area (Å²) in [5.74, 6) is 0. The molecule has 0 fully saturated rings. The van der Waals surface area contributed by atoms with E-state index in [2.05, 4.69) is 11.5 Å². The van der Waals surface area contributed by atoms with Crippen LogP contribution in [0.2, 0.25) is 0 Å². The van der Waals surface area contributed by atoms with Gasteiger partial charge in [0, 0.05) is 10.4 Å². The van der Waals surface area contributed by atoms with E-state index in [-0.39, 0.29) is 39.0 Å². The van der Waals surface area contributed by atoms with Crippen molar-refractivity contribution in [3.8, 4) is 0 Å². The fourth-order valence-electron chi connectivity index (χ4n) is 0. The molecular formula is C2H18FeN2O8S+2. The van der Waals surface area contributed by atoms with Crippen molar-refractivity contribution in [3.05, 3.63) is 0 Å². The van der Waals surface area contributed by atoms with Gasteiger partial charge in [-0.2, -0.15) is 0 Å². The summed E-state index contributed by atoms with van der Waals surface area (Å²) in [5.41, 5.74) is 7.08. The molecule has 14 heavy (non-hydrogen) atoms. The van der Waals surface area contributed by atoms with E-state index in [1.807, 2.05) is 0 Å². The fraction of sp³-hybridized carbons (Fsp3) is 1.00. The van der Waals surface area contributed by atoms with Gasteiger partial charge < -0.3 is 42.5 Å². The summed E-state index contributed by atoms with van der Waals surface area (Å²) in [6.07, 6.45) is 0. The van der Waals surface area contributed by atoms with E-state index in [4.69, 9.17) is 17.5 Å². The van der Waals surface area contributed by atoms with Crippen LogP contribution < -0.4 is 11.5 Å². The van der Waals surface area contributed by atoms with Gasteiger partial charge in [0.2, 0.25) is 0 Å². The number of hydrogen-bond donors (Lipinski definition) is 2. The molecule has 0 heterocycles. The Kier molecular flexibility index (Phi) is 99.9. The second-order valence-electron chi connectivity index (χ2n) is 1.12. The van der Waals surface area contributed by atoms with Crippen molar-refractivity contribution in [2.45, 2.75) is 0 Å². The van der Waals surface area contributed by atoms with Crippen LogP contribution in [0.5, 0.6) is 0 Å². The minimum absolute atomic E-state index is 0. The minimum Gasteiger partial charge on any atom is -0.759 e. The molecular weight excluding hydrogens is 268 g/mol. The SMILES string of the molecule is O.O.O.O.O=S(=O)([O-])[O-].[Fe+2].[NH3+]CC[NH3+]. The zero-order valence-electron chi connectivity index (χ0n) is 7.22. The Morgan fingerprint density at radius 2 is 0.929 bits per heavy atom. The van der Waals surface area contributed by atoms with Crippen LogP contribution in [0.15, 0.2) is 0 Å². The largest absolute Gasteiger partial charge is 2.00 e. The molecule has 0 aliphatic heterocycles. The Hall–Kier alpha value is 0.149. The molecule has 10 nitrogen and oxygen atoms in total. The standard InChI is InChI=1S/C2H8N2.Fe.H2O4S.4H2O/c3-1-2-4;;1-5(2,3)4;;;;/h1-4H2;;(H2,1,2,3,4);4*1H2/q;+2;;;;;. The van der Waals surface area contributed by atoms with Gasteiger partial charge in [-0.25, -0.2) is 0 Å². The Bertz CT molecular complexity index is 128. The van der Waals surface area contributed by atoms with Crippen molar-refractivity contribution in [1.82, 2.24) is 0 Å². The summed E-state index contributed by atoms with van der Waals surface area (Å²) in [7, 11) is -5.17. The van der Waals surface area contributed by atoms with E-state index >= 15 is 0 Å². The third-order valence-electron chi connectivity index (χ3n) is 0.250. The van der Waals surface area contributed by atoms with Crippen LogP contribution in [0.3, 0.4) is 0 Å². The number of hydrogen-bond acceptors (Lipinski definition) is 4. The smallest absolute Gasteiger partial charge is 0.759 e. The summed E-state index contributed by atoms with van der Waals surface area (Å²) in [6.45, 7) is 1.92. The van der Waals surface area contributed by atoms with Crippen LogP contribution in [-0.4, -0.2) is 52.5 Å². The number of rotatable bonds is 1. The van der Waals surface area contributed by atoms with E-state index in [9.17, 15) is 0 Å².